The first-order valence-electron chi connectivity index (χ1n) is 6.17. The fraction of sp³-hybridized carbons (Fsp3) is 0.833. The van der Waals surface area contributed by atoms with E-state index in [9.17, 15) is 18.4 Å². The fourth-order valence-electron chi connectivity index (χ4n) is 2.32. The van der Waals surface area contributed by atoms with Crippen LogP contribution in [0.4, 0.5) is 13.6 Å². The lowest BCUT2D eigenvalue weighted by molar-refractivity contribution is -0.149. The van der Waals surface area contributed by atoms with Gasteiger partial charge in [0, 0.05) is 19.4 Å². The van der Waals surface area contributed by atoms with Crippen molar-refractivity contribution < 1.29 is 27.8 Å². The third kappa shape index (κ3) is 4.65. The molecule has 1 fully saturated rings. The lowest BCUT2D eigenvalue weighted by Gasteiger charge is -2.32. The Morgan fingerprint density at radius 2 is 1.84 bits per heavy atom. The molecule has 0 unspecified atom stereocenters. The number of amides is 1. The number of carbonyl (C=O) groups excluding carboxylic acids is 2. The highest BCUT2D eigenvalue weighted by Gasteiger charge is 2.40. The normalized spacial score (nSPS) is 20.4. The molecule has 0 aliphatic heterocycles. The van der Waals surface area contributed by atoms with Crippen LogP contribution < -0.4 is 5.32 Å². The summed E-state index contributed by atoms with van der Waals surface area (Å²) in [5.41, 5.74) is 0. The number of ether oxygens (including phenoxy) is 2. The summed E-state index contributed by atoms with van der Waals surface area (Å²) >= 11 is 0. The van der Waals surface area contributed by atoms with Gasteiger partial charge < -0.3 is 14.8 Å². The van der Waals surface area contributed by atoms with Gasteiger partial charge in [-0.3, -0.25) is 4.79 Å². The van der Waals surface area contributed by atoms with Gasteiger partial charge in [-0.2, -0.15) is 0 Å². The first kappa shape index (κ1) is 15.7. The number of hydrogen-bond donors (Lipinski definition) is 1. The van der Waals surface area contributed by atoms with E-state index in [1.165, 1.54) is 14.2 Å². The van der Waals surface area contributed by atoms with Crippen LogP contribution in [0.25, 0.3) is 0 Å². The zero-order valence-corrected chi connectivity index (χ0v) is 11.1. The van der Waals surface area contributed by atoms with E-state index in [0.717, 1.165) is 0 Å². The van der Waals surface area contributed by atoms with Crippen LogP contribution in [-0.2, 0) is 14.3 Å². The number of alkyl carbamates (subject to hydrolysis) is 1. The van der Waals surface area contributed by atoms with Gasteiger partial charge in [0.2, 0.25) is 5.92 Å². The average Bonchev–Trinajstić information content (AvgIpc) is 2.39. The van der Waals surface area contributed by atoms with Gasteiger partial charge >= 0.3 is 12.1 Å². The number of carbonyl (C=O) groups is 2. The molecule has 1 rings (SSSR count). The van der Waals surface area contributed by atoms with Crippen LogP contribution in [0.2, 0.25) is 0 Å². The molecule has 0 saturated heterocycles. The smallest absolute Gasteiger partial charge is 0.406 e. The van der Waals surface area contributed by atoms with Crippen molar-refractivity contribution in [3.63, 3.8) is 0 Å². The van der Waals surface area contributed by atoms with E-state index in [1.807, 2.05) is 0 Å². The van der Waals surface area contributed by atoms with Gasteiger partial charge in [0.15, 0.2) is 0 Å². The molecular formula is C12H19F2NO4. The minimum atomic E-state index is -2.65. The molecule has 19 heavy (non-hydrogen) atoms. The zero-order chi connectivity index (χ0) is 14.5. The van der Waals surface area contributed by atoms with E-state index in [2.05, 4.69) is 14.8 Å². The van der Waals surface area contributed by atoms with Gasteiger partial charge in [0.05, 0.1) is 20.1 Å². The first-order valence-corrected chi connectivity index (χ1v) is 6.17. The topological polar surface area (TPSA) is 64.6 Å². The maximum atomic E-state index is 13.1. The molecule has 1 aliphatic carbocycles. The molecule has 5 nitrogen and oxygen atoms in total. The number of hydrogen-bond acceptors (Lipinski definition) is 4. The lowest BCUT2D eigenvalue weighted by atomic mass is 9.78. The Hall–Kier alpha value is -1.40. The molecule has 0 bridgehead atoms. The van der Waals surface area contributed by atoms with E-state index in [-0.39, 0.29) is 38.1 Å². The highest BCUT2D eigenvalue weighted by Crippen LogP contribution is 2.39. The van der Waals surface area contributed by atoms with Crippen LogP contribution >= 0.6 is 0 Å². The zero-order valence-electron chi connectivity index (χ0n) is 11.1. The van der Waals surface area contributed by atoms with E-state index in [4.69, 9.17) is 0 Å². The summed E-state index contributed by atoms with van der Waals surface area (Å²) in [4.78, 5) is 22.7. The molecule has 1 amide bonds. The summed E-state index contributed by atoms with van der Waals surface area (Å²) < 4.78 is 35.3. The molecule has 0 spiro atoms. The monoisotopic (exact) mass is 279 g/mol. The minimum absolute atomic E-state index is 0.0373. The molecule has 1 aliphatic rings. The highest BCUT2D eigenvalue weighted by molar-refractivity contribution is 5.74. The van der Waals surface area contributed by atoms with Gasteiger partial charge in [0.25, 0.3) is 0 Å². The number of halogens is 2. The van der Waals surface area contributed by atoms with Crippen molar-refractivity contribution in [1.29, 1.82) is 0 Å². The molecule has 1 N–H and O–H groups in total. The molecule has 7 heteroatoms. The van der Waals surface area contributed by atoms with Crippen LogP contribution in [0.15, 0.2) is 0 Å². The maximum Gasteiger partial charge on any atom is 0.406 e. The molecular weight excluding hydrogens is 260 g/mol. The van der Waals surface area contributed by atoms with Crippen molar-refractivity contribution in [1.82, 2.24) is 5.32 Å². The van der Waals surface area contributed by atoms with Gasteiger partial charge in [-0.25, -0.2) is 13.6 Å². The van der Waals surface area contributed by atoms with Gasteiger partial charge in [0.1, 0.15) is 0 Å². The van der Waals surface area contributed by atoms with Crippen molar-refractivity contribution in [2.24, 2.45) is 11.8 Å². The fourth-order valence-corrected chi connectivity index (χ4v) is 2.32. The highest BCUT2D eigenvalue weighted by atomic mass is 19.3. The SMILES string of the molecule is COC(=O)NC[C@H](C(=O)OC)C1CCC(F)(F)CC1. The Balaban J connectivity index is 2.59. The molecule has 1 atom stereocenters. The average molecular weight is 279 g/mol. The van der Waals surface area contributed by atoms with E-state index >= 15 is 0 Å². The third-order valence-corrected chi connectivity index (χ3v) is 3.49. The van der Waals surface area contributed by atoms with Crippen molar-refractivity contribution >= 4 is 12.1 Å². The van der Waals surface area contributed by atoms with E-state index in [1.54, 1.807) is 0 Å². The third-order valence-electron chi connectivity index (χ3n) is 3.49. The largest absolute Gasteiger partial charge is 0.469 e. The molecule has 0 aromatic heterocycles. The first-order chi connectivity index (χ1) is 8.89. The molecule has 0 heterocycles. The van der Waals surface area contributed by atoms with Gasteiger partial charge in [-0.15, -0.1) is 0 Å². The maximum absolute atomic E-state index is 13.1. The van der Waals surface area contributed by atoms with Crippen molar-refractivity contribution in [2.75, 3.05) is 20.8 Å². The number of esters is 1. The summed E-state index contributed by atoms with van der Waals surface area (Å²) in [6.07, 6.45) is -0.632. The quantitative estimate of drug-likeness (QED) is 0.799. The number of rotatable bonds is 4. The predicted molar refractivity (Wildman–Crippen MR) is 62.8 cm³/mol. The van der Waals surface area contributed by atoms with E-state index in [0.29, 0.717) is 0 Å². The Bertz CT molecular complexity index is 326. The van der Waals surface area contributed by atoms with Crippen LogP contribution in [0.5, 0.6) is 0 Å². The predicted octanol–water partition coefficient (Wildman–Crippen LogP) is 1.96. The van der Waals surface area contributed by atoms with Crippen LogP contribution in [0.3, 0.4) is 0 Å². The number of nitrogens with one attached hydrogen (secondary N) is 1. The summed E-state index contributed by atoms with van der Waals surface area (Å²) in [6, 6.07) is 0. The second-order valence-corrected chi connectivity index (χ2v) is 4.70. The summed E-state index contributed by atoms with van der Waals surface area (Å²) in [7, 11) is 2.45. The van der Waals surface area contributed by atoms with Crippen molar-refractivity contribution in [3.8, 4) is 0 Å². The summed E-state index contributed by atoms with van der Waals surface area (Å²) in [5, 5.41) is 2.42. The van der Waals surface area contributed by atoms with E-state index < -0.39 is 23.9 Å². The van der Waals surface area contributed by atoms with Crippen LogP contribution in [-0.4, -0.2) is 38.7 Å². The standard InChI is InChI=1S/C12H19F2NO4/c1-18-10(16)9(7-15-11(17)19-2)8-3-5-12(13,14)6-4-8/h8-9H,3-7H2,1-2H3,(H,15,17)/t9-/m0/s1. The molecule has 1 saturated carbocycles. The Labute approximate surface area is 110 Å². The van der Waals surface area contributed by atoms with Gasteiger partial charge in [-0.05, 0) is 18.8 Å². The minimum Gasteiger partial charge on any atom is -0.469 e. The van der Waals surface area contributed by atoms with Crippen molar-refractivity contribution in [2.45, 2.75) is 31.6 Å². The summed E-state index contributed by atoms with van der Waals surface area (Å²) in [5.74, 6) is -3.96. The second-order valence-electron chi connectivity index (χ2n) is 4.70. The number of methoxy groups -OCH3 is 2. The Kier molecular flexibility index (Phi) is 5.50. The molecule has 0 radical (unpaired) electrons. The van der Waals surface area contributed by atoms with Gasteiger partial charge in [-0.1, -0.05) is 0 Å². The number of alkyl halides is 2. The molecule has 110 valence electrons. The summed E-state index contributed by atoms with van der Waals surface area (Å²) in [6.45, 7) is 0.0373. The van der Waals surface area contributed by atoms with Crippen molar-refractivity contribution in [3.05, 3.63) is 0 Å². The molecule has 0 aromatic rings. The molecule has 0 aromatic carbocycles. The Morgan fingerprint density at radius 1 is 1.26 bits per heavy atom. The second kappa shape index (κ2) is 6.68. The lowest BCUT2D eigenvalue weighted by Crippen LogP contribution is -2.40. The van der Waals surface area contributed by atoms with Crippen LogP contribution in [0.1, 0.15) is 25.7 Å². The Morgan fingerprint density at radius 3 is 2.32 bits per heavy atom. The van der Waals surface area contributed by atoms with Crippen LogP contribution in [0, 0.1) is 11.8 Å².